The number of ether oxygens (including phenoxy) is 1. The van der Waals surface area contributed by atoms with Gasteiger partial charge in [-0.3, -0.25) is 4.79 Å². The van der Waals surface area contributed by atoms with Crippen molar-refractivity contribution in [2.75, 3.05) is 25.1 Å². The number of carbonyl (C=O) groups excluding carboxylic acids is 1. The fraction of sp³-hybridized carbons (Fsp3) is 0.226. The molecule has 204 valence electrons. The molecule has 0 unspecified atom stereocenters. The van der Waals surface area contributed by atoms with E-state index in [0.717, 1.165) is 34.3 Å². The molecular formula is C31H33N7O2. The zero-order chi connectivity index (χ0) is 28.4. The van der Waals surface area contributed by atoms with E-state index >= 15 is 0 Å². The topological polar surface area (TPSA) is 111 Å². The summed E-state index contributed by atoms with van der Waals surface area (Å²) in [7, 11) is 4.07. The molecule has 2 aromatic heterocycles. The molecule has 1 amide bonds. The van der Waals surface area contributed by atoms with E-state index in [1.54, 1.807) is 12.1 Å². The van der Waals surface area contributed by atoms with Crippen LogP contribution in [0.2, 0.25) is 0 Å². The number of anilines is 2. The second-order valence-electron chi connectivity index (χ2n) is 11.0. The van der Waals surface area contributed by atoms with Gasteiger partial charge in [0.05, 0.1) is 11.4 Å². The molecule has 3 N–H and O–H groups in total. The lowest BCUT2D eigenvalue weighted by atomic mass is 9.92. The van der Waals surface area contributed by atoms with Crippen molar-refractivity contribution >= 4 is 28.3 Å². The Kier molecular flexibility index (Phi) is 7.23. The van der Waals surface area contributed by atoms with E-state index in [1.165, 1.54) is 6.33 Å². The van der Waals surface area contributed by atoms with Gasteiger partial charge in [-0.05, 0) is 66.8 Å². The average Bonchev–Trinajstić information content (AvgIpc) is 3.32. The van der Waals surface area contributed by atoms with Gasteiger partial charge in [0, 0.05) is 29.7 Å². The molecule has 0 spiro atoms. The summed E-state index contributed by atoms with van der Waals surface area (Å²) in [6.45, 7) is 7.12. The number of aromatic nitrogens is 4. The number of hydrogen-bond donors (Lipinski definition) is 2. The lowest BCUT2D eigenvalue weighted by Crippen LogP contribution is -2.16. The summed E-state index contributed by atoms with van der Waals surface area (Å²) in [6.07, 6.45) is 1.35. The Balaban J connectivity index is 1.47. The predicted octanol–water partition coefficient (Wildman–Crippen LogP) is 5.80. The minimum absolute atomic E-state index is 0.198. The molecule has 0 saturated heterocycles. The van der Waals surface area contributed by atoms with E-state index in [1.807, 2.05) is 67.3 Å². The summed E-state index contributed by atoms with van der Waals surface area (Å²) in [5, 5.41) is 9.66. The number of amides is 1. The summed E-state index contributed by atoms with van der Waals surface area (Å²) < 4.78 is 7.66. The van der Waals surface area contributed by atoms with Gasteiger partial charge in [0.15, 0.2) is 0 Å². The zero-order valence-corrected chi connectivity index (χ0v) is 23.3. The monoisotopic (exact) mass is 535 g/mol. The maximum absolute atomic E-state index is 13.7. The van der Waals surface area contributed by atoms with Crippen molar-refractivity contribution in [2.45, 2.75) is 32.7 Å². The number of fused-ring (bicyclic) bond motifs is 1. The quantitative estimate of drug-likeness (QED) is 0.271. The number of nitrogens with zero attached hydrogens (tertiary/aromatic N) is 5. The van der Waals surface area contributed by atoms with Crippen molar-refractivity contribution in [3.05, 3.63) is 95.9 Å². The average molecular weight is 536 g/mol. The van der Waals surface area contributed by atoms with Crippen LogP contribution < -0.4 is 15.8 Å². The molecule has 2 heterocycles. The number of nitrogen functional groups attached to an aromatic ring is 1. The minimum atomic E-state index is -0.228. The molecule has 0 saturated carbocycles. The third kappa shape index (κ3) is 5.94. The SMILES string of the molecule is CN(C)Cc1cccc(-n2nc(C(C)(C)C)cc2NC(=O)c2cccc3cc(Oc4cc(N)ncn4)ccc23)c1. The first-order valence-electron chi connectivity index (χ1n) is 13.0. The molecule has 9 nitrogen and oxygen atoms in total. The van der Waals surface area contributed by atoms with Crippen molar-refractivity contribution in [1.82, 2.24) is 24.6 Å². The van der Waals surface area contributed by atoms with Crippen molar-refractivity contribution in [2.24, 2.45) is 0 Å². The van der Waals surface area contributed by atoms with Crippen LogP contribution in [0.5, 0.6) is 11.6 Å². The van der Waals surface area contributed by atoms with E-state index in [4.69, 9.17) is 15.6 Å². The summed E-state index contributed by atoms with van der Waals surface area (Å²) in [5.74, 6) is 1.62. The predicted molar refractivity (Wildman–Crippen MR) is 158 cm³/mol. The van der Waals surface area contributed by atoms with E-state index in [0.29, 0.717) is 28.8 Å². The third-order valence-electron chi connectivity index (χ3n) is 6.36. The van der Waals surface area contributed by atoms with Crippen molar-refractivity contribution in [1.29, 1.82) is 0 Å². The van der Waals surface area contributed by atoms with Gasteiger partial charge in [-0.2, -0.15) is 5.10 Å². The summed E-state index contributed by atoms with van der Waals surface area (Å²) >= 11 is 0. The van der Waals surface area contributed by atoms with Crippen molar-refractivity contribution in [3.8, 4) is 17.3 Å². The van der Waals surface area contributed by atoms with E-state index in [2.05, 4.69) is 53.1 Å². The highest BCUT2D eigenvalue weighted by molar-refractivity contribution is 6.13. The fourth-order valence-electron chi connectivity index (χ4n) is 4.42. The highest BCUT2D eigenvalue weighted by Crippen LogP contribution is 2.30. The molecule has 5 aromatic rings. The zero-order valence-electron chi connectivity index (χ0n) is 23.3. The Morgan fingerprint density at radius 2 is 1.80 bits per heavy atom. The molecule has 40 heavy (non-hydrogen) atoms. The minimum Gasteiger partial charge on any atom is -0.439 e. The van der Waals surface area contributed by atoms with Crippen molar-refractivity contribution < 1.29 is 9.53 Å². The number of nitrogens with one attached hydrogen (secondary N) is 1. The van der Waals surface area contributed by atoms with Crippen LogP contribution in [-0.4, -0.2) is 44.7 Å². The van der Waals surface area contributed by atoms with Crippen LogP contribution in [0.1, 0.15) is 42.4 Å². The number of nitrogens with two attached hydrogens (primary N) is 1. The Labute approximate surface area is 233 Å². The Morgan fingerprint density at radius 1 is 1.00 bits per heavy atom. The third-order valence-corrected chi connectivity index (χ3v) is 6.36. The maximum atomic E-state index is 13.7. The number of hydrogen-bond acceptors (Lipinski definition) is 7. The number of rotatable bonds is 7. The molecular weight excluding hydrogens is 502 g/mol. The maximum Gasteiger partial charge on any atom is 0.257 e. The standard InChI is InChI=1S/C31H33N7O2/c1-31(2,3)26-16-28(38(36-26)22-10-6-8-20(14-22)18-37(4)5)35-30(39)25-11-7-9-21-15-23(12-13-24(21)25)40-29-17-27(32)33-19-34-29/h6-17,19H,18H2,1-5H3,(H,35,39)(H2,32,33,34). The molecule has 0 fully saturated rings. The number of benzene rings is 3. The molecule has 0 bridgehead atoms. The lowest BCUT2D eigenvalue weighted by molar-refractivity contribution is 0.102. The first-order valence-corrected chi connectivity index (χ1v) is 13.0. The smallest absolute Gasteiger partial charge is 0.257 e. The summed E-state index contributed by atoms with van der Waals surface area (Å²) in [6, 6.07) is 22.8. The molecule has 9 heteroatoms. The van der Waals surface area contributed by atoms with Gasteiger partial charge >= 0.3 is 0 Å². The molecule has 0 aliphatic rings. The van der Waals surface area contributed by atoms with E-state index in [9.17, 15) is 4.79 Å². The summed E-state index contributed by atoms with van der Waals surface area (Å²) in [5.41, 5.74) is 9.00. The second-order valence-corrected chi connectivity index (χ2v) is 11.0. The van der Waals surface area contributed by atoms with Crippen LogP contribution in [0, 0.1) is 0 Å². The largest absolute Gasteiger partial charge is 0.439 e. The van der Waals surface area contributed by atoms with Crippen molar-refractivity contribution in [3.63, 3.8) is 0 Å². The fourth-order valence-corrected chi connectivity index (χ4v) is 4.42. The molecule has 0 aliphatic heterocycles. The highest BCUT2D eigenvalue weighted by atomic mass is 16.5. The first-order chi connectivity index (χ1) is 19.1. The van der Waals surface area contributed by atoms with Crippen LogP contribution in [0.3, 0.4) is 0 Å². The van der Waals surface area contributed by atoms with Crippen LogP contribution in [0.15, 0.2) is 79.1 Å². The Morgan fingerprint density at radius 3 is 2.55 bits per heavy atom. The van der Waals surface area contributed by atoms with Crippen LogP contribution in [0.25, 0.3) is 16.5 Å². The van der Waals surface area contributed by atoms with Gasteiger partial charge in [-0.15, -0.1) is 0 Å². The molecule has 0 radical (unpaired) electrons. The number of carbonyl (C=O) groups is 1. The normalized spacial score (nSPS) is 11.7. The molecule has 3 aromatic carbocycles. The van der Waals surface area contributed by atoms with Crippen LogP contribution in [0.4, 0.5) is 11.6 Å². The van der Waals surface area contributed by atoms with Crippen LogP contribution >= 0.6 is 0 Å². The Hall–Kier alpha value is -4.76. The molecule has 0 aliphatic carbocycles. The van der Waals surface area contributed by atoms with E-state index in [-0.39, 0.29) is 11.3 Å². The summed E-state index contributed by atoms with van der Waals surface area (Å²) in [4.78, 5) is 23.8. The highest BCUT2D eigenvalue weighted by Gasteiger charge is 2.22. The second kappa shape index (κ2) is 10.8. The first kappa shape index (κ1) is 26.8. The lowest BCUT2D eigenvalue weighted by Gasteiger charge is -2.14. The van der Waals surface area contributed by atoms with Crippen LogP contribution in [-0.2, 0) is 12.0 Å². The van der Waals surface area contributed by atoms with Gasteiger partial charge in [-0.1, -0.05) is 45.0 Å². The Bertz CT molecular complexity index is 1690. The molecule has 0 atom stereocenters. The van der Waals surface area contributed by atoms with Gasteiger partial charge in [-0.25, -0.2) is 14.6 Å². The van der Waals surface area contributed by atoms with E-state index < -0.39 is 0 Å². The van der Waals surface area contributed by atoms with Gasteiger partial charge in [0.25, 0.3) is 5.91 Å². The van der Waals surface area contributed by atoms with Gasteiger partial charge < -0.3 is 20.7 Å². The molecule has 5 rings (SSSR count). The van der Waals surface area contributed by atoms with Gasteiger partial charge in [0.1, 0.15) is 23.7 Å². The van der Waals surface area contributed by atoms with Gasteiger partial charge in [0.2, 0.25) is 5.88 Å².